The molecule has 0 radical (unpaired) electrons. The Morgan fingerprint density at radius 1 is 0.556 bits per heavy atom. The van der Waals surface area contributed by atoms with E-state index in [4.69, 9.17) is 4.74 Å². The van der Waals surface area contributed by atoms with Crippen LogP contribution in [0, 0.1) is 3.57 Å². The van der Waals surface area contributed by atoms with E-state index in [2.05, 4.69) is 120 Å². The molecule has 1 heterocycles. The van der Waals surface area contributed by atoms with Crippen LogP contribution in [0.5, 0.6) is 11.5 Å². The van der Waals surface area contributed by atoms with Crippen molar-refractivity contribution in [1.82, 2.24) is 0 Å². The molecule has 130 valence electrons. The van der Waals surface area contributed by atoms with Crippen LogP contribution in [0.25, 0.3) is 0 Å². The van der Waals surface area contributed by atoms with Crippen molar-refractivity contribution in [2.24, 2.45) is 0 Å². The molecule has 0 atom stereocenters. The van der Waals surface area contributed by atoms with Crippen LogP contribution in [0.2, 0.25) is 0 Å². The number of hydrogen-bond donors (Lipinski definition) is 0. The highest BCUT2D eigenvalue weighted by atomic mass is 127. The summed E-state index contributed by atoms with van der Waals surface area (Å²) in [5.41, 5.74) is 4.45. The highest BCUT2D eigenvalue weighted by Gasteiger charge is 2.45. The lowest BCUT2D eigenvalue weighted by Crippen LogP contribution is -2.34. The molecule has 0 amide bonds. The first-order valence-corrected chi connectivity index (χ1v) is 10.1. The van der Waals surface area contributed by atoms with Crippen molar-refractivity contribution >= 4 is 22.6 Å². The maximum atomic E-state index is 6.40. The first-order chi connectivity index (χ1) is 13.3. The molecule has 0 saturated carbocycles. The molecule has 2 heteroatoms. The van der Waals surface area contributed by atoms with Gasteiger partial charge >= 0.3 is 0 Å². The Morgan fingerprint density at radius 2 is 1.11 bits per heavy atom. The SMILES string of the molecule is Ic1cccc2c1Oc1ccccc1C2(c1ccccc1)c1ccccc1. The smallest absolute Gasteiger partial charge is 0.145 e. The lowest BCUT2D eigenvalue weighted by Gasteiger charge is -2.41. The Morgan fingerprint density at radius 3 is 1.78 bits per heavy atom. The van der Waals surface area contributed by atoms with Crippen LogP contribution in [-0.4, -0.2) is 0 Å². The molecule has 1 nitrogen and oxygen atoms in total. The molecule has 0 aliphatic carbocycles. The number of hydrogen-bond acceptors (Lipinski definition) is 1. The number of fused-ring (bicyclic) bond motifs is 2. The standard InChI is InChI=1S/C25H17IO/c26-22-16-9-15-21-24(22)27-23-17-8-7-14-20(23)25(21,18-10-3-1-4-11-18)19-12-5-2-6-13-19/h1-17H. The van der Waals surface area contributed by atoms with Crippen molar-refractivity contribution in [3.8, 4) is 11.5 Å². The van der Waals surface area contributed by atoms with E-state index in [1.165, 1.54) is 22.3 Å². The van der Waals surface area contributed by atoms with Gasteiger partial charge < -0.3 is 4.74 Å². The Balaban J connectivity index is 1.99. The molecule has 0 unspecified atom stereocenters. The number of rotatable bonds is 2. The topological polar surface area (TPSA) is 9.23 Å². The molecule has 0 spiro atoms. The van der Waals surface area contributed by atoms with E-state index in [9.17, 15) is 0 Å². The van der Waals surface area contributed by atoms with Gasteiger partial charge in [-0.3, -0.25) is 0 Å². The summed E-state index contributed by atoms with van der Waals surface area (Å²) in [6, 6.07) is 36.3. The van der Waals surface area contributed by atoms with E-state index < -0.39 is 5.41 Å². The van der Waals surface area contributed by atoms with Gasteiger partial charge in [0.15, 0.2) is 0 Å². The molecular weight excluding hydrogens is 443 g/mol. The average molecular weight is 460 g/mol. The summed E-state index contributed by atoms with van der Waals surface area (Å²) in [4.78, 5) is 0. The molecule has 0 bridgehead atoms. The molecular formula is C25H17IO. The summed E-state index contributed by atoms with van der Waals surface area (Å²) in [5.74, 6) is 1.87. The molecule has 5 rings (SSSR count). The second-order valence-electron chi connectivity index (χ2n) is 6.70. The largest absolute Gasteiger partial charge is 0.456 e. The highest BCUT2D eigenvalue weighted by Crippen LogP contribution is 2.55. The van der Waals surface area contributed by atoms with Crippen LogP contribution in [0.1, 0.15) is 22.3 Å². The van der Waals surface area contributed by atoms with E-state index >= 15 is 0 Å². The zero-order chi connectivity index (χ0) is 18.3. The number of para-hydroxylation sites is 2. The van der Waals surface area contributed by atoms with Crippen molar-refractivity contribution in [2.75, 3.05) is 0 Å². The zero-order valence-electron chi connectivity index (χ0n) is 14.6. The molecule has 1 aliphatic rings. The van der Waals surface area contributed by atoms with Gasteiger partial charge in [0.2, 0.25) is 0 Å². The Bertz CT molecular complexity index is 1060. The summed E-state index contributed by atoms with van der Waals surface area (Å²) < 4.78 is 7.52. The quantitative estimate of drug-likeness (QED) is 0.264. The molecule has 27 heavy (non-hydrogen) atoms. The molecule has 0 aromatic heterocycles. The van der Waals surface area contributed by atoms with Gasteiger partial charge in [-0.15, -0.1) is 0 Å². The van der Waals surface area contributed by atoms with Gasteiger partial charge in [-0.05, 0) is 45.9 Å². The first kappa shape index (κ1) is 16.6. The van der Waals surface area contributed by atoms with Crippen LogP contribution in [0.3, 0.4) is 0 Å². The van der Waals surface area contributed by atoms with Gasteiger partial charge in [-0.2, -0.15) is 0 Å². The average Bonchev–Trinajstić information content (AvgIpc) is 2.74. The summed E-state index contributed by atoms with van der Waals surface area (Å²) in [7, 11) is 0. The minimum Gasteiger partial charge on any atom is -0.456 e. The monoisotopic (exact) mass is 460 g/mol. The molecule has 4 aromatic rings. The van der Waals surface area contributed by atoms with Crippen molar-refractivity contribution < 1.29 is 4.74 Å². The van der Waals surface area contributed by atoms with Gasteiger partial charge in [0.1, 0.15) is 11.5 Å². The minimum atomic E-state index is -0.409. The summed E-state index contributed by atoms with van der Waals surface area (Å²) >= 11 is 2.37. The first-order valence-electron chi connectivity index (χ1n) is 8.99. The lowest BCUT2D eigenvalue weighted by molar-refractivity contribution is 0.431. The fourth-order valence-corrected chi connectivity index (χ4v) is 4.80. The zero-order valence-corrected chi connectivity index (χ0v) is 16.8. The second kappa shape index (κ2) is 6.54. The number of halogens is 1. The van der Waals surface area contributed by atoms with Crippen LogP contribution >= 0.6 is 22.6 Å². The maximum absolute atomic E-state index is 6.40. The normalized spacial score (nSPS) is 14.0. The third-order valence-corrected chi connectivity index (χ3v) is 6.14. The highest BCUT2D eigenvalue weighted by molar-refractivity contribution is 14.1. The predicted molar refractivity (Wildman–Crippen MR) is 118 cm³/mol. The molecule has 0 saturated heterocycles. The summed E-state index contributed by atoms with van der Waals surface area (Å²) in [6.45, 7) is 0. The second-order valence-corrected chi connectivity index (χ2v) is 7.86. The fraction of sp³-hybridized carbons (Fsp3) is 0.0400. The number of ether oxygens (including phenoxy) is 1. The van der Waals surface area contributed by atoms with Gasteiger partial charge in [-0.1, -0.05) is 91.0 Å². The van der Waals surface area contributed by atoms with E-state index in [0.29, 0.717) is 0 Å². The van der Waals surface area contributed by atoms with Gasteiger partial charge in [0.25, 0.3) is 0 Å². The lowest BCUT2D eigenvalue weighted by atomic mass is 9.64. The van der Waals surface area contributed by atoms with Crippen molar-refractivity contribution in [3.05, 3.63) is 129 Å². The molecule has 1 aliphatic heterocycles. The summed E-state index contributed by atoms with van der Waals surface area (Å²) in [6.07, 6.45) is 0. The Hall–Kier alpha value is -2.59. The third-order valence-electron chi connectivity index (χ3n) is 5.29. The van der Waals surface area contributed by atoms with Crippen molar-refractivity contribution in [1.29, 1.82) is 0 Å². The van der Waals surface area contributed by atoms with Crippen molar-refractivity contribution in [2.45, 2.75) is 5.41 Å². The van der Waals surface area contributed by atoms with E-state index in [-0.39, 0.29) is 0 Å². The molecule has 0 N–H and O–H groups in total. The molecule has 0 fully saturated rings. The van der Waals surface area contributed by atoms with Crippen LogP contribution in [0.15, 0.2) is 103 Å². The third kappa shape index (κ3) is 2.43. The molecule has 4 aromatic carbocycles. The van der Waals surface area contributed by atoms with Gasteiger partial charge in [-0.25, -0.2) is 0 Å². The van der Waals surface area contributed by atoms with Crippen LogP contribution in [0.4, 0.5) is 0 Å². The fourth-order valence-electron chi connectivity index (χ4n) is 4.19. The minimum absolute atomic E-state index is 0.409. The van der Waals surface area contributed by atoms with E-state index in [0.717, 1.165) is 15.1 Å². The van der Waals surface area contributed by atoms with E-state index in [1.54, 1.807) is 0 Å². The van der Waals surface area contributed by atoms with Gasteiger partial charge in [0.05, 0.1) is 8.99 Å². The summed E-state index contributed by atoms with van der Waals surface area (Å²) in [5, 5.41) is 0. The maximum Gasteiger partial charge on any atom is 0.145 e. The van der Waals surface area contributed by atoms with Crippen molar-refractivity contribution in [3.63, 3.8) is 0 Å². The number of benzene rings is 4. The van der Waals surface area contributed by atoms with Crippen LogP contribution in [-0.2, 0) is 5.41 Å². The van der Waals surface area contributed by atoms with Crippen LogP contribution < -0.4 is 4.74 Å². The Labute approximate surface area is 172 Å². The van der Waals surface area contributed by atoms with E-state index in [1.807, 2.05) is 6.07 Å². The van der Waals surface area contributed by atoms with Gasteiger partial charge in [0, 0.05) is 11.1 Å². The predicted octanol–water partition coefficient (Wildman–Crippen LogP) is 6.78. The Kier molecular flexibility index (Phi) is 4.01.